The minimum atomic E-state index is -0.483. The molecule has 0 saturated carbocycles. The van der Waals surface area contributed by atoms with Crippen molar-refractivity contribution in [3.05, 3.63) is 119 Å². The summed E-state index contributed by atoms with van der Waals surface area (Å²) < 4.78 is 7.37. The first-order valence-electron chi connectivity index (χ1n) is 10.4. The lowest BCUT2D eigenvalue weighted by Gasteiger charge is -2.47. The predicted octanol–water partition coefficient (Wildman–Crippen LogP) is 6.33. The highest BCUT2D eigenvalue weighted by Gasteiger charge is 2.73. The summed E-state index contributed by atoms with van der Waals surface area (Å²) in [6, 6.07) is 30.6. The molecule has 1 saturated heterocycles. The minimum absolute atomic E-state index is 0.0448. The van der Waals surface area contributed by atoms with Crippen molar-refractivity contribution in [1.29, 1.82) is 0 Å². The molecule has 2 bridgehead atoms. The summed E-state index contributed by atoms with van der Waals surface area (Å²) in [6.45, 7) is 2.44. The van der Waals surface area contributed by atoms with Gasteiger partial charge < -0.3 is 4.74 Å². The molecular weight excluding hydrogens is 340 g/mol. The van der Waals surface area contributed by atoms with Gasteiger partial charge in [0.15, 0.2) is 0 Å². The summed E-state index contributed by atoms with van der Waals surface area (Å²) in [4.78, 5) is 0. The molecule has 3 aromatic carbocycles. The van der Waals surface area contributed by atoms with Gasteiger partial charge in [-0.3, -0.25) is 0 Å². The van der Waals surface area contributed by atoms with E-state index in [1.165, 1.54) is 34.2 Å². The van der Waals surface area contributed by atoms with Gasteiger partial charge in [-0.05, 0) is 47.1 Å². The first kappa shape index (κ1) is 16.3. The highest BCUT2D eigenvalue weighted by atomic mass is 16.5. The van der Waals surface area contributed by atoms with Gasteiger partial charge in [-0.25, -0.2) is 0 Å². The predicted molar refractivity (Wildman–Crippen MR) is 112 cm³/mol. The molecule has 0 aromatic heterocycles. The molecule has 2 heterocycles. The third kappa shape index (κ3) is 1.68. The van der Waals surface area contributed by atoms with Gasteiger partial charge in [-0.1, -0.05) is 97.9 Å². The zero-order chi connectivity index (χ0) is 18.8. The van der Waals surface area contributed by atoms with Gasteiger partial charge in [-0.15, -0.1) is 0 Å². The van der Waals surface area contributed by atoms with E-state index in [1.54, 1.807) is 0 Å². The molecule has 0 unspecified atom stereocenters. The Morgan fingerprint density at radius 3 is 2.04 bits per heavy atom. The zero-order valence-electron chi connectivity index (χ0n) is 16.2. The summed E-state index contributed by atoms with van der Waals surface area (Å²) in [5, 5.41) is 0. The SMILES string of the molecule is C[C@@]12CCCC=C1[C@@]1(c3ccccc3)O[C@]2(c2ccccc2)c2ccccc21. The third-order valence-electron chi connectivity index (χ3n) is 7.33. The lowest BCUT2D eigenvalue weighted by atomic mass is 9.53. The molecule has 0 spiro atoms. The van der Waals surface area contributed by atoms with Crippen LogP contribution in [0.1, 0.15) is 48.4 Å². The van der Waals surface area contributed by atoms with Crippen molar-refractivity contribution >= 4 is 0 Å². The molecule has 6 rings (SSSR count). The standard InChI is InChI=1S/C27H24O/c1-25-19-11-10-18-24(25)26(20-12-4-2-5-13-20)22-16-8-9-17-23(22)27(25,28-26)21-14-6-3-7-15-21/h2-9,12-18H,10-11,19H2,1H3/t25-,26+,27-/m1/s1. The van der Waals surface area contributed by atoms with Crippen LogP contribution in [0.5, 0.6) is 0 Å². The van der Waals surface area contributed by atoms with Crippen LogP contribution in [-0.2, 0) is 15.9 Å². The second-order valence-corrected chi connectivity index (χ2v) is 8.58. The molecule has 0 N–H and O–H groups in total. The quantitative estimate of drug-likeness (QED) is 0.483. The Bertz CT molecular complexity index is 1080. The van der Waals surface area contributed by atoms with Gasteiger partial charge in [0.1, 0.15) is 11.2 Å². The van der Waals surface area contributed by atoms with E-state index >= 15 is 0 Å². The van der Waals surface area contributed by atoms with E-state index in [1.807, 2.05) is 0 Å². The van der Waals surface area contributed by atoms with Crippen molar-refractivity contribution in [2.45, 2.75) is 37.4 Å². The molecular formula is C27H24O. The van der Waals surface area contributed by atoms with E-state index in [-0.39, 0.29) is 5.41 Å². The average Bonchev–Trinajstić information content (AvgIpc) is 3.22. The van der Waals surface area contributed by atoms with E-state index in [9.17, 15) is 0 Å². The Labute approximate surface area is 166 Å². The van der Waals surface area contributed by atoms with Crippen molar-refractivity contribution < 1.29 is 4.74 Å². The molecule has 1 nitrogen and oxygen atoms in total. The van der Waals surface area contributed by atoms with Crippen LogP contribution >= 0.6 is 0 Å². The average molecular weight is 364 g/mol. The summed E-state index contributed by atoms with van der Waals surface area (Å²) in [7, 11) is 0. The number of benzene rings is 3. The Kier molecular flexibility index (Phi) is 3.18. The van der Waals surface area contributed by atoms with Gasteiger partial charge in [-0.2, -0.15) is 0 Å². The molecule has 138 valence electrons. The third-order valence-corrected chi connectivity index (χ3v) is 7.33. The van der Waals surface area contributed by atoms with E-state index in [2.05, 4.69) is 97.9 Å². The fraction of sp³-hybridized carbons (Fsp3) is 0.259. The van der Waals surface area contributed by atoms with E-state index in [4.69, 9.17) is 4.74 Å². The van der Waals surface area contributed by atoms with Crippen molar-refractivity contribution in [2.24, 2.45) is 5.41 Å². The van der Waals surface area contributed by atoms with E-state index in [0.29, 0.717) is 0 Å². The van der Waals surface area contributed by atoms with Gasteiger partial charge >= 0.3 is 0 Å². The first-order chi connectivity index (χ1) is 13.7. The van der Waals surface area contributed by atoms with Gasteiger partial charge in [0.2, 0.25) is 0 Å². The van der Waals surface area contributed by atoms with Gasteiger partial charge in [0.05, 0.1) is 0 Å². The zero-order valence-corrected chi connectivity index (χ0v) is 16.2. The molecule has 0 radical (unpaired) electrons. The lowest BCUT2D eigenvalue weighted by molar-refractivity contribution is -0.0702. The van der Waals surface area contributed by atoms with Crippen molar-refractivity contribution in [3.8, 4) is 0 Å². The maximum atomic E-state index is 7.37. The maximum absolute atomic E-state index is 7.37. The summed E-state index contributed by atoms with van der Waals surface area (Å²) in [5.74, 6) is 0. The van der Waals surface area contributed by atoms with Gasteiger partial charge in [0, 0.05) is 5.41 Å². The van der Waals surface area contributed by atoms with Crippen LogP contribution in [0.4, 0.5) is 0 Å². The Morgan fingerprint density at radius 2 is 1.32 bits per heavy atom. The number of hydrogen-bond donors (Lipinski definition) is 0. The topological polar surface area (TPSA) is 9.23 Å². The smallest absolute Gasteiger partial charge is 0.142 e. The van der Waals surface area contributed by atoms with Crippen LogP contribution in [0.25, 0.3) is 0 Å². The Morgan fingerprint density at radius 1 is 0.714 bits per heavy atom. The molecule has 1 heteroatoms. The van der Waals surface area contributed by atoms with Crippen LogP contribution in [-0.4, -0.2) is 0 Å². The largest absolute Gasteiger partial charge is 0.344 e. The number of hydrogen-bond acceptors (Lipinski definition) is 1. The molecule has 3 aromatic rings. The van der Waals surface area contributed by atoms with Crippen molar-refractivity contribution in [1.82, 2.24) is 0 Å². The highest BCUT2D eigenvalue weighted by Crippen LogP contribution is 2.75. The number of allylic oxidation sites excluding steroid dienone is 1. The van der Waals surface area contributed by atoms with Crippen LogP contribution in [0.3, 0.4) is 0 Å². The van der Waals surface area contributed by atoms with Crippen LogP contribution in [0.15, 0.2) is 96.6 Å². The molecule has 3 aliphatic rings. The summed E-state index contributed by atoms with van der Waals surface area (Å²) in [5.41, 5.74) is 5.67. The van der Waals surface area contributed by atoms with E-state index in [0.717, 1.165) is 12.8 Å². The molecule has 28 heavy (non-hydrogen) atoms. The van der Waals surface area contributed by atoms with Crippen LogP contribution < -0.4 is 0 Å². The number of fused-ring (bicyclic) bond motifs is 8. The second-order valence-electron chi connectivity index (χ2n) is 8.58. The molecule has 0 amide bonds. The van der Waals surface area contributed by atoms with Crippen molar-refractivity contribution in [2.75, 3.05) is 0 Å². The number of ether oxygens (including phenoxy) is 1. The van der Waals surface area contributed by atoms with E-state index < -0.39 is 11.2 Å². The first-order valence-corrected chi connectivity index (χ1v) is 10.4. The van der Waals surface area contributed by atoms with Gasteiger partial charge in [0.25, 0.3) is 0 Å². The lowest BCUT2D eigenvalue weighted by Crippen LogP contribution is -2.45. The molecule has 2 aliphatic heterocycles. The maximum Gasteiger partial charge on any atom is 0.142 e. The minimum Gasteiger partial charge on any atom is -0.344 e. The van der Waals surface area contributed by atoms with Crippen molar-refractivity contribution in [3.63, 3.8) is 0 Å². The number of rotatable bonds is 2. The molecule has 1 fully saturated rings. The Balaban J connectivity index is 1.77. The molecule has 3 atom stereocenters. The highest BCUT2D eigenvalue weighted by molar-refractivity contribution is 5.66. The summed E-state index contributed by atoms with van der Waals surface area (Å²) >= 11 is 0. The molecule has 1 aliphatic carbocycles. The van der Waals surface area contributed by atoms with Crippen LogP contribution in [0, 0.1) is 5.41 Å². The fourth-order valence-electron chi connectivity index (χ4n) is 6.26. The fourth-order valence-corrected chi connectivity index (χ4v) is 6.26. The summed E-state index contributed by atoms with van der Waals surface area (Å²) in [6.07, 6.45) is 5.98. The second kappa shape index (κ2) is 5.46. The monoisotopic (exact) mass is 364 g/mol. The van der Waals surface area contributed by atoms with Crippen LogP contribution in [0.2, 0.25) is 0 Å². The Hall–Kier alpha value is -2.64. The normalized spacial score (nSPS) is 32.5.